The molecule has 92 valence electrons. The first-order valence-electron chi connectivity index (χ1n) is 5.67. The van der Waals surface area contributed by atoms with Gasteiger partial charge in [0.25, 0.3) is 0 Å². The molecule has 0 fully saturated rings. The van der Waals surface area contributed by atoms with Crippen molar-refractivity contribution >= 4 is 11.8 Å². The normalized spacial score (nSPS) is 21.1. The molecule has 1 heterocycles. The van der Waals surface area contributed by atoms with E-state index in [0.29, 0.717) is 12.0 Å². The van der Waals surface area contributed by atoms with E-state index < -0.39 is 11.4 Å². The highest BCUT2D eigenvalue weighted by Crippen LogP contribution is 2.48. The van der Waals surface area contributed by atoms with Gasteiger partial charge in [-0.05, 0) is 11.8 Å². The molecule has 0 amide bonds. The molecule has 0 aliphatic heterocycles. The highest BCUT2D eigenvalue weighted by molar-refractivity contribution is 6.10. The Labute approximate surface area is 100 Å². The van der Waals surface area contributed by atoms with Crippen molar-refractivity contribution in [2.45, 2.75) is 34.1 Å². The number of fused-ring (bicyclic) bond motifs is 1. The fraction of sp³-hybridized carbons (Fsp3) is 0.538. The molecule has 4 heteroatoms. The first-order valence-corrected chi connectivity index (χ1v) is 5.67. The standard InChI is InChI=1S/C13H17NO3/c1-12(2)5-8-9(10(15)13(12,3)4)7(6-14-8)11(16)17/h6,14H,5H2,1-4H3,(H,16,17). The van der Waals surface area contributed by atoms with Crippen molar-refractivity contribution in [2.24, 2.45) is 10.8 Å². The van der Waals surface area contributed by atoms with Crippen LogP contribution in [0.15, 0.2) is 6.20 Å². The maximum absolute atomic E-state index is 12.5. The lowest BCUT2D eigenvalue weighted by Gasteiger charge is -2.44. The highest BCUT2D eigenvalue weighted by atomic mass is 16.4. The van der Waals surface area contributed by atoms with Crippen molar-refractivity contribution in [3.63, 3.8) is 0 Å². The number of carboxylic acids is 1. The van der Waals surface area contributed by atoms with Crippen LogP contribution in [0.2, 0.25) is 0 Å². The summed E-state index contributed by atoms with van der Waals surface area (Å²) in [6.07, 6.45) is 2.11. The number of ketones is 1. The summed E-state index contributed by atoms with van der Waals surface area (Å²) in [5.41, 5.74) is 0.469. The molecule has 0 saturated carbocycles. The Hall–Kier alpha value is -1.58. The van der Waals surface area contributed by atoms with Crippen LogP contribution in [0.4, 0.5) is 0 Å². The molecule has 0 bridgehead atoms. The average Bonchev–Trinajstić information content (AvgIpc) is 2.57. The third-order valence-electron chi connectivity index (χ3n) is 4.30. The molecule has 0 saturated heterocycles. The molecule has 2 N–H and O–H groups in total. The minimum atomic E-state index is -1.05. The largest absolute Gasteiger partial charge is 0.478 e. The quantitative estimate of drug-likeness (QED) is 0.785. The predicted octanol–water partition coefficient (Wildman–Crippen LogP) is 2.50. The molecule has 4 nitrogen and oxygen atoms in total. The first-order chi connectivity index (χ1) is 7.68. The maximum atomic E-state index is 12.5. The Morgan fingerprint density at radius 3 is 2.47 bits per heavy atom. The van der Waals surface area contributed by atoms with Gasteiger partial charge in [0, 0.05) is 17.3 Å². The summed E-state index contributed by atoms with van der Waals surface area (Å²) in [5, 5.41) is 9.08. The van der Waals surface area contributed by atoms with Crippen LogP contribution in [0, 0.1) is 10.8 Å². The van der Waals surface area contributed by atoms with E-state index in [2.05, 4.69) is 4.98 Å². The molecule has 0 aromatic carbocycles. The number of aromatic amines is 1. The van der Waals surface area contributed by atoms with Crippen LogP contribution in [-0.2, 0) is 6.42 Å². The summed E-state index contributed by atoms with van der Waals surface area (Å²) in [4.78, 5) is 26.5. The Bertz CT molecular complexity index is 509. The second kappa shape index (κ2) is 3.22. The lowest BCUT2D eigenvalue weighted by Crippen LogP contribution is -2.45. The van der Waals surface area contributed by atoms with Crippen molar-refractivity contribution < 1.29 is 14.7 Å². The fourth-order valence-corrected chi connectivity index (χ4v) is 2.32. The highest BCUT2D eigenvalue weighted by Gasteiger charge is 2.49. The van der Waals surface area contributed by atoms with E-state index in [9.17, 15) is 9.59 Å². The van der Waals surface area contributed by atoms with Crippen molar-refractivity contribution in [1.82, 2.24) is 4.98 Å². The second-order valence-electron chi connectivity index (χ2n) is 5.88. The molecule has 1 aliphatic rings. The summed E-state index contributed by atoms with van der Waals surface area (Å²) in [6.45, 7) is 7.85. The number of Topliss-reactive ketones (excluding diaryl/α,β-unsaturated/α-hetero) is 1. The van der Waals surface area contributed by atoms with Crippen molar-refractivity contribution in [3.05, 3.63) is 23.0 Å². The number of aromatic nitrogens is 1. The molecular weight excluding hydrogens is 218 g/mol. The number of nitrogens with one attached hydrogen (secondary N) is 1. The van der Waals surface area contributed by atoms with E-state index in [4.69, 9.17) is 5.11 Å². The van der Waals surface area contributed by atoms with Crippen LogP contribution >= 0.6 is 0 Å². The monoisotopic (exact) mass is 235 g/mol. The van der Waals surface area contributed by atoms with Crippen LogP contribution < -0.4 is 0 Å². The molecule has 0 radical (unpaired) electrons. The van der Waals surface area contributed by atoms with E-state index in [1.165, 1.54) is 6.20 Å². The van der Waals surface area contributed by atoms with Gasteiger partial charge >= 0.3 is 5.97 Å². The van der Waals surface area contributed by atoms with Crippen LogP contribution in [0.25, 0.3) is 0 Å². The lowest BCUT2D eigenvalue weighted by molar-refractivity contribution is 0.0518. The van der Waals surface area contributed by atoms with Gasteiger partial charge in [0.2, 0.25) is 0 Å². The van der Waals surface area contributed by atoms with Crippen LogP contribution in [0.3, 0.4) is 0 Å². The smallest absolute Gasteiger partial charge is 0.337 e. The predicted molar refractivity (Wildman–Crippen MR) is 63.3 cm³/mol. The zero-order valence-electron chi connectivity index (χ0n) is 10.5. The number of hydrogen-bond donors (Lipinski definition) is 2. The summed E-state index contributed by atoms with van der Waals surface area (Å²) < 4.78 is 0. The molecule has 1 aliphatic carbocycles. The zero-order chi connectivity index (χ0) is 13.0. The molecule has 17 heavy (non-hydrogen) atoms. The third-order valence-corrected chi connectivity index (χ3v) is 4.30. The van der Waals surface area contributed by atoms with E-state index in [1.54, 1.807) is 0 Å². The average molecular weight is 235 g/mol. The summed E-state index contributed by atoms with van der Waals surface area (Å²) in [6, 6.07) is 0. The molecule has 2 rings (SSSR count). The summed E-state index contributed by atoms with van der Waals surface area (Å²) in [7, 11) is 0. The van der Waals surface area contributed by atoms with Gasteiger partial charge in [-0.1, -0.05) is 27.7 Å². The first kappa shape index (κ1) is 11.9. The van der Waals surface area contributed by atoms with E-state index >= 15 is 0 Å². The molecule has 1 aromatic heterocycles. The van der Waals surface area contributed by atoms with Gasteiger partial charge in [-0.15, -0.1) is 0 Å². The topological polar surface area (TPSA) is 70.2 Å². The number of carbonyl (C=O) groups is 2. The van der Waals surface area contributed by atoms with Crippen LogP contribution in [-0.4, -0.2) is 21.8 Å². The number of aromatic carboxylic acids is 1. The number of carbonyl (C=O) groups excluding carboxylic acids is 1. The van der Waals surface area contributed by atoms with Crippen LogP contribution in [0.1, 0.15) is 54.1 Å². The minimum Gasteiger partial charge on any atom is -0.478 e. The fourth-order valence-electron chi connectivity index (χ4n) is 2.32. The zero-order valence-corrected chi connectivity index (χ0v) is 10.5. The summed E-state index contributed by atoms with van der Waals surface area (Å²) in [5.74, 6) is -1.13. The molecule has 0 unspecified atom stereocenters. The lowest BCUT2D eigenvalue weighted by atomic mass is 9.58. The van der Waals surface area contributed by atoms with Crippen LogP contribution in [0.5, 0.6) is 0 Å². The van der Waals surface area contributed by atoms with Gasteiger partial charge in [0.05, 0.1) is 11.1 Å². The van der Waals surface area contributed by atoms with E-state index in [0.717, 1.165) is 5.69 Å². The molecule has 1 aromatic rings. The number of H-pyrrole nitrogens is 1. The Kier molecular flexibility index (Phi) is 2.25. The third kappa shape index (κ3) is 1.43. The molecule has 0 spiro atoms. The second-order valence-corrected chi connectivity index (χ2v) is 5.88. The van der Waals surface area contributed by atoms with Crippen molar-refractivity contribution in [3.8, 4) is 0 Å². The van der Waals surface area contributed by atoms with Crippen molar-refractivity contribution in [2.75, 3.05) is 0 Å². The van der Waals surface area contributed by atoms with E-state index in [1.807, 2.05) is 27.7 Å². The maximum Gasteiger partial charge on any atom is 0.337 e. The Morgan fingerprint density at radius 1 is 1.35 bits per heavy atom. The molecular formula is C13H17NO3. The van der Waals surface area contributed by atoms with Gasteiger partial charge in [-0.3, -0.25) is 4.79 Å². The van der Waals surface area contributed by atoms with Gasteiger partial charge in [0.1, 0.15) is 0 Å². The minimum absolute atomic E-state index is 0.0811. The number of rotatable bonds is 1. The number of carboxylic acid groups (broad SMARTS) is 1. The summed E-state index contributed by atoms with van der Waals surface area (Å²) >= 11 is 0. The SMILES string of the molecule is CC1(C)Cc2[nH]cc(C(=O)O)c2C(=O)C1(C)C. The Morgan fingerprint density at radius 2 is 1.94 bits per heavy atom. The Balaban J connectivity index is 2.65. The number of hydrogen-bond acceptors (Lipinski definition) is 2. The van der Waals surface area contributed by atoms with Gasteiger partial charge < -0.3 is 10.1 Å². The van der Waals surface area contributed by atoms with Gasteiger partial charge in [0.15, 0.2) is 5.78 Å². The van der Waals surface area contributed by atoms with Gasteiger partial charge in [-0.2, -0.15) is 0 Å². The van der Waals surface area contributed by atoms with E-state index in [-0.39, 0.29) is 16.8 Å². The molecule has 0 atom stereocenters. The van der Waals surface area contributed by atoms with Crippen molar-refractivity contribution in [1.29, 1.82) is 0 Å². The van der Waals surface area contributed by atoms with Gasteiger partial charge in [-0.25, -0.2) is 4.79 Å².